The highest BCUT2D eigenvalue weighted by Gasteiger charge is 2.20. The van der Waals surface area contributed by atoms with Crippen LogP contribution < -0.4 is 5.32 Å². The van der Waals surface area contributed by atoms with Gasteiger partial charge in [-0.25, -0.2) is 13.6 Å². The molecule has 1 amide bonds. The summed E-state index contributed by atoms with van der Waals surface area (Å²) in [6.45, 7) is 4.04. The number of carboxylic acids is 1. The van der Waals surface area contributed by atoms with Crippen molar-refractivity contribution in [2.75, 3.05) is 0 Å². The van der Waals surface area contributed by atoms with Crippen LogP contribution in [-0.2, 0) is 9.59 Å². The van der Waals surface area contributed by atoms with Gasteiger partial charge in [0.2, 0.25) is 5.91 Å². The number of carbonyl (C=O) groups excluding carboxylic acids is 1. The first kappa shape index (κ1) is 15.8. The zero-order chi connectivity index (χ0) is 15.4. The molecular formula is C14H15F2NO3. The number of carboxylic acid groups (broad SMARTS) is 1. The normalized spacial score (nSPS) is 13.4. The van der Waals surface area contributed by atoms with Gasteiger partial charge < -0.3 is 10.4 Å². The van der Waals surface area contributed by atoms with Crippen LogP contribution in [0.25, 0.3) is 0 Å². The number of aliphatic carboxylic acids is 1. The molecule has 20 heavy (non-hydrogen) atoms. The molecule has 0 fully saturated rings. The molecule has 1 atom stereocenters. The molecule has 0 saturated carbocycles. The van der Waals surface area contributed by atoms with Gasteiger partial charge in [-0.05, 0) is 32.9 Å². The Morgan fingerprint density at radius 3 is 2.10 bits per heavy atom. The van der Waals surface area contributed by atoms with Crippen LogP contribution in [0.15, 0.2) is 29.3 Å². The van der Waals surface area contributed by atoms with E-state index in [1.54, 1.807) is 0 Å². The van der Waals surface area contributed by atoms with Gasteiger partial charge in [-0.2, -0.15) is 0 Å². The first-order valence-corrected chi connectivity index (χ1v) is 5.91. The molecule has 6 heteroatoms. The summed E-state index contributed by atoms with van der Waals surface area (Å²) in [5.74, 6) is -3.44. The molecule has 0 bridgehead atoms. The molecule has 0 radical (unpaired) electrons. The summed E-state index contributed by atoms with van der Waals surface area (Å²) in [5.41, 5.74) is -0.397. The number of amides is 1. The smallest absolute Gasteiger partial charge is 0.331 e. The van der Waals surface area contributed by atoms with Crippen molar-refractivity contribution in [1.82, 2.24) is 5.32 Å². The summed E-state index contributed by atoms with van der Waals surface area (Å²) in [5, 5.41) is 11.2. The monoisotopic (exact) mass is 283 g/mol. The number of nitrogens with one attached hydrogen (secondary N) is 1. The summed E-state index contributed by atoms with van der Waals surface area (Å²) in [4.78, 5) is 22.6. The van der Waals surface area contributed by atoms with Crippen molar-refractivity contribution in [1.29, 1.82) is 0 Å². The Morgan fingerprint density at radius 2 is 1.65 bits per heavy atom. The van der Waals surface area contributed by atoms with Gasteiger partial charge in [0.05, 0.1) is 6.04 Å². The van der Waals surface area contributed by atoms with Gasteiger partial charge in [0, 0.05) is 16.7 Å². The molecule has 0 aliphatic carbocycles. The lowest BCUT2D eigenvalue weighted by molar-refractivity contribution is -0.133. The predicted molar refractivity (Wildman–Crippen MR) is 68.9 cm³/mol. The van der Waals surface area contributed by atoms with E-state index in [-0.39, 0.29) is 16.7 Å². The van der Waals surface area contributed by atoms with Crippen molar-refractivity contribution < 1.29 is 23.5 Å². The molecule has 0 saturated heterocycles. The molecule has 0 aliphatic rings. The lowest BCUT2D eigenvalue weighted by atomic mass is 10.1. The van der Waals surface area contributed by atoms with Crippen LogP contribution in [-0.4, -0.2) is 17.0 Å². The number of hydrogen-bond acceptors (Lipinski definition) is 2. The Hall–Kier alpha value is -2.24. The fourth-order valence-corrected chi connectivity index (χ4v) is 1.63. The van der Waals surface area contributed by atoms with Crippen LogP contribution >= 0.6 is 0 Å². The maximum Gasteiger partial charge on any atom is 0.331 e. The van der Waals surface area contributed by atoms with Gasteiger partial charge in [-0.15, -0.1) is 0 Å². The van der Waals surface area contributed by atoms with E-state index in [0.717, 1.165) is 12.1 Å². The van der Waals surface area contributed by atoms with E-state index in [4.69, 9.17) is 5.11 Å². The van der Waals surface area contributed by atoms with Crippen molar-refractivity contribution in [3.63, 3.8) is 0 Å². The average Bonchev–Trinajstić information content (AvgIpc) is 2.36. The zero-order valence-electron chi connectivity index (χ0n) is 11.3. The Morgan fingerprint density at radius 1 is 1.15 bits per heavy atom. The molecular weight excluding hydrogens is 268 g/mol. The molecule has 0 aromatic heterocycles. The summed E-state index contributed by atoms with van der Waals surface area (Å²) >= 11 is 0. The van der Waals surface area contributed by atoms with E-state index < -0.39 is 29.6 Å². The molecule has 1 aromatic carbocycles. The van der Waals surface area contributed by atoms with Crippen molar-refractivity contribution in [2.45, 2.75) is 26.8 Å². The summed E-state index contributed by atoms with van der Waals surface area (Å²) in [6.07, 6.45) is 0. The van der Waals surface area contributed by atoms with Crippen molar-refractivity contribution in [3.8, 4) is 0 Å². The first-order valence-electron chi connectivity index (χ1n) is 5.91. The average molecular weight is 283 g/mol. The van der Waals surface area contributed by atoms with Gasteiger partial charge in [0.25, 0.3) is 0 Å². The molecule has 0 aliphatic heterocycles. The van der Waals surface area contributed by atoms with Crippen LogP contribution in [0.5, 0.6) is 0 Å². The number of benzene rings is 1. The number of carbonyl (C=O) groups is 2. The minimum absolute atomic E-state index is 0.0129. The van der Waals surface area contributed by atoms with Crippen LogP contribution in [0.1, 0.15) is 32.4 Å². The van der Waals surface area contributed by atoms with Crippen molar-refractivity contribution in [3.05, 3.63) is 46.5 Å². The maximum absolute atomic E-state index is 13.5. The Labute approximate surface area is 115 Å². The highest BCUT2D eigenvalue weighted by molar-refractivity contribution is 6.01. The van der Waals surface area contributed by atoms with Crippen LogP contribution in [0, 0.1) is 11.6 Å². The van der Waals surface area contributed by atoms with E-state index in [1.807, 2.05) is 0 Å². The van der Waals surface area contributed by atoms with Crippen molar-refractivity contribution >= 4 is 11.9 Å². The Bertz CT molecular complexity index is 562. The first-order chi connectivity index (χ1) is 9.25. The number of rotatable bonds is 4. The molecule has 0 spiro atoms. The maximum atomic E-state index is 13.5. The second-order valence-electron chi connectivity index (χ2n) is 4.39. The summed E-state index contributed by atoms with van der Waals surface area (Å²) in [7, 11) is 0. The lowest BCUT2D eigenvalue weighted by Gasteiger charge is -2.16. The van der Waals surface area contributed by atoms with Crippen LogP contribution in [0.3, 0.4) is 0 Å². The molecule has 108 valence electrons. The Kier molecular flexibility index (Phi) is 4.96. The molecule has 2 N–H and O–H groups in total. The third kappa shape index (κ3) is 3.40. The number of halogens is 2. The summed E-state index contributed by atoms with van der Waals surface area (Å²) in [6, 6.07) is 2.49. The van der Waals surface area contributed by atoms with E-state index in [1.165, 1.54) is 26.8 Å². The topological polar surface area (TPSA) is 66.4 Å². The second kappa shape index (κ2) is 6.27. The van der Waals surface area contributed by atoms with Crippen LogP contribution in [0.4, 0.5) is 8.78 Å². The molecule has 1 aromatic rings. The summed E-state index contributed by atoms with van der Waals surface area (Å²) < 4.78 is 27.1. The SMILES string of the molecule is CC(C(=O)O)=C(C)C(=O)NC(C)c1c(F)cccc1F. The third-order valence-electron chi connectivity index (χ3n) is 3.00. The minimum atomic E-state index is -1.22. The third-order valence-corrected chi connectivity index (χ3v) is 3.00. The standard InChI is InChI=1S/C14H15F2NO3/c1-7(8(2)14(19)20)13(18)17-9(3)12-10(15)5-4-6-11(12)16/h4-6,9H,1-3H3,(H,17,18)(H,19,20). The zero-order valence-corrected chi connectivity index (χ0v) is 11.3. The largest absolute Gasteiger partial charge is 0.478 e. The fourth-order valence-electron chi connectivity index (χ4n) is 1.63. The number of hydrogen-bond donors (Lipinski definition) is 2. The van der Waals surface area contributed by atoms with Gasteiger partial charge >= 0.3 is 5.97 Å². The van der Waals surface area contributed by atoms with Crippen molar-refractivity contribution in [2.24, 2.45) is 0 Å². The quantitative estimate of drug-likeness (QED) is 0.835. The predicted octanol–water partition coefficient (Wildman–Crippen LogP) is 2.56. The molecule has 4 nitrogen and oxygen atoms in total. The van der Waals surface area contributed by atoms with Gasteiger partial charge in [-0.1, -0.05) is 6.07 Å². The highest BCUT2D eigenvalue weighted by atomic mass is 19.1. The van der Waals surface area contributed by atoms with E-state index in [0.29, 0.717) is 0 Å². The minimum Gasteiger partial charge on any atom is -0.478 e. The van der Waals surface area contributed by atoms with Gasteiger partial charge in [-0.3, -0.25) is 4.79 Å². The molecule has 1 rings (SSSR count). The molecule has 1 unspecified atom stereocenters. The second-order valence-corrected chi connectivity index (χ2v) is 4.39. The fraction of sp³-hybridized carbons (Fsp3) is 0.286. The van der Waals surface area contributed by atoms with Gasteiger partial charge in [0.15, 0.2) is 0 Å². The van der Waals surface area contributed by atoms with E-state index in [9.17, 15) is 18.4 Å². The van der Waals surface area contributed by atoms with Crippen LogP contribution in [0.2, 0.25) is 0 Å². The van der Waals surface area contributed by atoms with Gasteiger partial charge in [0.1, 0.15) is 11.6 Å². The Balaban J connectivity index is 2.97. The lowest BCUT2D eigenvalue weighted by Crippen LogP contribution is -2.29. The van der Waals surface area contributed by atoms with E-state index in [2.05, 4.69) is 5.32 Å². The highest BCUT2D eigenvalue weighted by Crippen LogP contribution is 2.20. The van der Waals surface area contributed by atoms with E-state index >= 15 is 0 Å². The molecule has 0 heterocycles.